The number of benzene rings is 2. The first-order valence-electron chi connectivity index (χ1n) is 13.8. The number of nitrogens with one attached hydrogen (secondary N) is 3. The van der Waals surface area contributed by atoms with Crippen LogP contribution in [0.2, 0.25) is 0 Å². The number of fused-ring (bicyclic) bond motifs is 2. The molecule has 44 heavy (non-hydrogen) atoms. The average Bonchev–Trinajstić information content (AvgIpc) is 3.45. The van der Waals surface area contributed by atoms with E-state index in [2.05, 4.69) is 16.0 Å². The minimum absolute atomic E-state index is 0.158. The maximum atomic E-state index is 13.7. The van der Waals surface area contributed by atoms with Crippen molar-refractivity contribution in [3.8, 4) is 0 Å². The molecule has 2 aromatic rings. The SMILES string of the molecule is CCC(=O)NCCNC(=O)Nc1ccc2c(c1)CC(=O)[C@]21OCN(CC(=O)N(Cc2ccc(F)cc2)C(C)C(F)(F)F)C1=O. The summed E-state index contributed by atoms with van der Waals surface area (Å²) in [6.07, 6.45) is -4.68. The summed E-state index contributed by atoms with van der Waals surface area (Å²) >= 11 is 0. The van der Waals surface area contributed by atoms with Crippen LogP contribution < -0.4 is 16.0 Å². The van der Waals surface area contributed by atoms with Crippen LogP contribution in [0.5, 0.6) is 0 Å². The molecule has 2 aliphatic rings. The van der Waals surface area contributed by atoms with Gasteiger partial charge in [-0.05, 0) is 42.3 Å². The monoisotopic (exact) mass is 621 g/mol. The smallest absolute Gasteiger partial charge is 0.354 e. The number of halogens is 4. The van der Waals surface area contributed by atoms with Gasteiger partial charge in [-0.15, -0.1) is 0 Å². The van der Waals surface area contributed by atoms with Crippen molar-refractivity contribution in [3.05, 3.63) is 65.0 Å². The zero-order chi connectivity index (χ0) is 32.2. The predicted molar refractivity (Wildman–Crippen MR) is 147 cm³/mol. The van der Waals surface area contributed by atoms with Gasteiger partial charge in [0.25, 0.3) is 5.91 Å². The molecule has 2 atom stereocenters. The number of ketones is 1. The van der Waals surface area contributed by atoms with Gasteiger partial charge in [0.2, 0.25) is 17.4 Å². The number of amides is 5. The van der Waals surface area contributed by atoms with Crippen molar-refractivity contribution >= 4 is 35.2 Å². The second kappa shape index (κ2) is 13.0. The van der Waals surface area contributed by atoms with Gasteiger partial charge in [-0.3, -0.25) is 19.2 Å². The van der Waals surface area contributed by atoms with Gasteiger partial charge in [0.1, 0.15) is 25.1 Å². The standard InChI is InChI=1S/C29H31F4N5O6/c1-3-24(40)34-10-11-35-27(43)36-21-8-9-22-19(12-21)13-23(39)28(22)26(42)37(16-44-28)15-25(41)38(17(2)29(31,32)33)14-18-4-6-20(30)7-5-18/h4-9,12,17H,3,10-11,13-16H2,1-2H3,(H,34,40)(H2,35,36,43)/t17?,28-/m1/s1. The summed E-state index contributed by atoms with van der Waals surface area (Å²) in [5, 5.41) is 7.78. The third-order valence-corrected chi connectivity index (χ3v) is 7.42. The topological polar surface area (TPSA) is 137 Å². The molecule has 4 rings (SSSR count). The number of Topliss-reactive ketones (excluding diaryl/α,β-unsaturated/α-hetero) is 1. The number of rotatable bonds is 10. The molecule has 2 aromatic carbocycles. The van der Waals surface area contributed by atoms with E-state index >= 15 is 0 Å². The minimum Gasteiger partial charge on any atom is -0.354 e. The summed E-state index contributed by atoms with van der Waals surface area (Å²) < 4.78 is 60.0. The predicted octanol–water partition coefficient (Wildman–Crippen LogP) is 2.59. The highest BCUT2D eigenvalue weighted by atomic mass is 19.4. The molecule has 3 N–H and O–H groups in total. The molecule has 1 spiro atoms. The fourth-order valence-corrected chi connectivity index (χ4v) is 4.97. The summed E-state index contributed by atoms with van der Waals surface area (Å²) in [4.78, 5) is 64.8. The zero-order valence-electron chi connectivity index (χ0n) is 23.9. The van der Waals surface area contributed by atoms with Crippen LogP contribution in [0.4, 0.5) is 28.0 Å². The number of hydrogen-bond acceptors (Lipinski definition) is 6. The highest BCUT2D eigenvalue weighted by Crippen LogP contribution is 2.43. The molecule has 11 nitrogen and oxygen atoms in total. The Morgan fingerprint density at radius 2 is 1.75 bits per heavy atom. The largest absolute Gasteiger partial charge is 0.408 e. The van der Waals surface area contributed by atoms with E-state index in [1.165, 1.54) is 30.3 Å². The van der Waals surface area contributed by atoms with Gasteiger partial charge >= 0.3 is 12.2 Å². The lowest BCUT2D eigenvalue weighted by Gasteiger charge is -2.32. The van der Waals surface area contributed by atoms with E-state index < -0.39 is 67.1 Å². The van der Waals surface area contributed by atoms with Gasteiger partial charge in [-0.1, -0.05) is 25.1 Å². The molecule has 236 valence electrons. The number of anilines is 1. The van der Waals surface area contributed by atoms with Gasteiger partial charge in [0, 0.05) is 43.7 Å². The number of nitrogens with zero attached hydrogens (tertiary/aromatic N) is 2. The average molecular weight is 622 g/mol. The Morgan fingerprint density at radius 3 is 2.41 bits per heavy atom. The van der Waals surface area contributed by atoms with Crippen LogP contribution in [0.15, 0.2) is 42.5 Å². The van der Waals surface area contributed by atoms with Crippen molar-refractivity contribution in [3.63, 3.8) is 0 Å². The normalized spacial score (nSPS) is 18.3. The summed E-state index contributed by atoms with van der Waals surface area (Å²) in [6, 6.07) is 6.24. The second-order valence-corrected chi connectivity index (χ2v) is 10.4. The van der Waals surface area contributed by atoms with E-state index in [1.807, 2.05) is 0 Å². The molecule has 1 heterocycles. The lowest BCUT2D eigenvalue weighted by molar-refractivity contribution is -0.187. The van der Waals surface area contributed by atoms with E-state index in [-0.39, 0.29) is 36.5 Å². The maximum absolute atomic E-state index is 13.7. The lowest BCUT2D eigenvalue weighted by atomic mass is 9.94. The molecule has 0 saturated carbocycles. The van der Waals surface area contributed by atoms with Gasteiger partial charge in [-0.25, -0.2) is 9.18 Å². The first-order valence-corrected chi connectivity index (χ1v) is 13.8. The van der Waals surface area contributed by atoms with Crippen molar-refractivity contribution in [1.29, 1.82) is 0 Å². The first-order chi connectivity index (χ1) is 20.8. The molecule has 1 unspecified atom stereocenters. The van der Waals surface area contributed by atoms with E-state index in [4.69, 9.17) is 4.74 Å². The van der Waals surface area contributed by atoms with Crippen molar-refractivity contribution in [2.24, 2.45) is 0 Å². The first kappa shape index (κ1) is 32.4. The van der Waals surface area contributed by atoms with Crippen LogP contribution in [-0.4, -0.2) is 77.9 Å². The molecule has 1 aliphatic carbocycles. The highest BCUT2D eigenvalue weighted by Gasteiger charge is 2.59. The fourth-order valence-electron chi connectivity index (χ4n) is 4.97. The van der Waals surface area contributed by atoms with Gasteiger partial charge in [0.05, 0.1) is 0 Å². The number of ether oxygens (including phenoxy) is 1. The van der Waals surface area contributed by atoms with Gasteiger partial charge in [-0.2, -0.15) is 13.2 Å². The Bertz CT molecular complexity index is 1450. The van der Waals surface area contributed by atoms with Crippen molar-refractivity contribution in [1.82, 2.24) is 20.4 Å². The summed E-state index contributed by atoms with van der Waals surface area (Å²) in [5.41, 5.74) is -0.891. The number of carbonyl (C=O) groups is 5. The Morgan fingerprint density at radius 1 is 1.07 bits per heavy atom. The van der Waals surface area contributed by atoms with E-state index in [9.17, 15) is 41.5 Å². The second-order valence-electron chi connectivity index (χ2n) is 10.4. The molecular formula is C29H31F4N5O6. The third kappa shape index (κ3) is 6.82. The van der Waals surface area contributed by atoms with Crippen LogP contribution in [0.25, 0.3) is 0 Å². The summed E-state index contributed by atoms with van der Waals surface area (Å²) in [5.74, 6) is -3.30. The molecule has 0 bridgehead atoms. The summed E-state index contributed by atoms with van der Waals surface area (Å²) in [7, 11) is 0. The fraction of sp³-hybridized carbons (Fsp3) is 0.414. The number of carbonyl (C=O) groups excluding carboxylic acids is 5. The molecule has 15 heteroatoms. The van der Waals surface area contributed by atoms with Crippen molar-refractivity contribution in [2.75, 3.05) is 31.7 Å². The van der Waals surface area contributed by atoms with Crippen LogP contribution in [0.1, 0.15) is 37.0 Å². The maximum Gasteiger partial charge on any atom is 0.408 e. The van der Waals surface area contributed by atoms with Crippen LogP contribution in [-0.2, 0) is 42.5 Å². The molecule has 0 aromatic heterocycles. The van der Waals surface area contributed by atoms with E-state index in [0.717, 1.165) is 24.0 Å². The van der Waals surface area contributed by atoms with Gasteiger partial charge < -0.3 is 30.5 Å². The Hall–Kier alpha value is -4.53. The van der Waals surface area contributed by atoms with E-state index in [0.29, 0.717) is 22.6 Å². The molecule has 1 aliphatic heterocycles. The molecule has 1 fully saturated rings. The highest BCUT2D eigenvalue weighted by molar-refractivity contribution is 6.15. The Labute approximate surface area is 249 Å². The number of urea groups is 1. The number of hydrogen-bond donors (Lipinski definition) is 3. The Balaban J connectivity index is 1.45. The number of alkyl halides is 3. The van der Waals surface area contributed by atoms with Crippen LogP contribution >= 0.6 is 0 Å². The van der Waals surface area contributed by atoms with Crippen LogP contribution in [0, 0.1) is 5.82 Å². The van der Waals surface area contributed by atoms with Gasteiger partial charge in [0.15, 0.2) is 5.78 Å². The molecule has 1 saturated heterocycles. The zero-order valence-corrected chi connectivity index (χ0v) is 23.9. The third-order valence-electron chi connectivity index (χ3n) is 7.42. The van der Waals surface area contributed by atoms with Crippen molar-refractivity contribution in [2.45, 2.75) is 51.1 Å². The van der Waals surface area contributed by atoms with Crippen LogP contribution in [0.3, 0.4) is 0 Å². The molecular weight excluding hydrogens is 590 g/mol. The Kier molecular flexibility index (Phi) is 9.56. The quantitative estimate of drug-likeness (QED) is 0.212. The molecule has 0 radical (unpaired) electrons. The van der Waals surface area contributed by atoms with Crippen molar-refractivity contribution < 1.29 is 46.3 Å². The molecule has 5 amide bonds. The minimum atomic E-state index is -4.78. The van der Waals surface area contributed by atoms with E-state index in [1.54, 1.807) is 6.92 Å². The summed E-state index contributed by atoms with van der Waals surface area (Å²) in [6.45, 7) is 1.11. The lowest BCUT2D eigenvalue weighted by Crippen LogP contribution is -2.51.